The van der Waals surface area contributed by atoms with Gasteiger partial charge in [-0.25, -0.2) is 4.39 Å². The first-order chi connectivity index (χ1) is 16.5. The van der Waals surface area contributed by atoms with Gasteiger partial charge in [0.15, 0.2) is 0 Å². The Bertz CT molecular complexity index is 1270. The van der Waals surface area contributed by atoms with Gasteiger partial charge in [0.2, 0.25) is 5.91 Å². The van der Waals surface area contributed by atoms with Crippen LogP contribution in [0.5, 0.6) is 0 Å². The SMILES string of the molecule is N#C/C(C(=O)NCc1ccccc1)=C1/SC(Cc2ccc(F)cc2)C(=O)N1c1ccc(Br)cc1. The fourth-order valence-corrected chi connectivity index (χ4v) is 5.09. The zero-order chi connectivity index (χ0) is 24.1. The van der Waals surface area contributed by atoms with Gasteiger partial charge in [-0.05, 0) is 53.9 Å². The summed E-state index contributed by atoms with van der Waals surface area (Å²) in [6.07, 6.45) is 0.338. The van der Waals surface area contributed by atoms with Crippen LogP contribution in [0.2, 0.25) is 0 Å². The molecule has 1 fully saturated rings. The van der Waals surface area contributed by atoms with Gasteiger partial charge < -0.3 is 5.32 Å². The molecule has 0 saturated carbocycles. The number of hydrogen-bond acceptors (Lipinski definition) is 4. The van der Waals surface area contributed by atoms with Crippen molar-refractivity contribution in [3.05, 3.63) is 111 Å². The van der Waals surface area contributed by atoms with Crippen LogP contribution in [0.15, 0.2) is 93.9 Å². The maximum absolute atomic E-state index is 13.4. The number of hydrogen-bond donors (Lipinski definition) is 1. The molecule has 0 aromatic heterocycles. The van der Waals surface area contributed by atoms with Crippen molar-refractivity contribution in [2.75, 3.05) is 4.90 Å². The number of nitriles is 1. The Kier molecular flexibility index (Phi) is 7.46. The third kappa shape index (κ3) is 5.38. The fraction of sp³-hybridized carbons (Fsp3) is 0.115. The topological polar surface area (TPSA) is 73.2 Å². The zero-order valence-corrected chi connectivity index (χ0v) is 20.3. The largest absolute Gasteiger partial charge is 0.347 e. The number of anilines is 1. The van der Waals surface area contributed by atoms with E-state index in [4.69, 9.17) is 0 Å². The van der Waals surface area contributed by atoms with Gasteiger partial charge in [0.1, 0.15) is 22.5 Å². The van der Waals surface area contributed by atoms with Crippen molar-refractivity contribution in [1.82, 2.24) is 5.32 Å². The van der Waals surface area contributed by atoms with Gasteiger partial charge in [-0.1, -0.05) is 70.2 Å². The predicted molar refractivity (Wildman–Crippen MR) is 134 cm³/mol. The number of halogens is 2. The molecule has 0 aliphatic carbocycles. The number of benzene rings is 3. The molecule has 8 heteroatoms. The molecule has 0 bridgehead atoms. The smallest absolute Gasteiger partial charge is 0.264 e. The normalized spacial score (nSPS) is 16.8. The van der Waals surface area contributed by atoms with E-state index in [0.717, 1.165) is 15.6 Å². The Balaban J connectivity index is 1.66. The molecule has 0 spiro atoms. The summed E-state index contributed by atoms with van der Waals surface area (Å²) in [5.74, 6) is -1.14. The van der Waals surface area contributed by atoms with E-state index in [0.29, 0.717) is 12.1 Å². The maximum Gasteiger partial charge on any atom is 0.264 e. The zero-order valence-electron chi connectivity index (χ0n) is 17.9. The van der Waals surface area contributed by atoms with Crippen molar-refractivity contribution >= 4 is 45.2 Å². The van der Waals surface area contributed by atoms with Crippen LogP contribution in [0.1, 0.15) is 11.1 Å². The van der Waals surface area contributed by atoms with Crippen LogP contribution >= 0.6 is 27.7 Å². The van der Waals surface area contributed by atoms with E-state index in [1.54, 1.807) is 36.4 Å². The number of thioether (sulfide) groups is 1. The van der Waals surface area contributed by atoms with Gasteiger partial charge in [0.25, 0.3) is 5.91 Å². The highest BCUT2D eigenvalue weighted by atomic mass is 79.9. The third-order valence-corrected chi connectivity index (χ3v) is 7.01. The molecule has 3 aromatic carbocycles. The van der Waals surface area contributed by atoms with Crippen molar-refractivity contribution in [2.45, 2.75) is 18.2 Å². The van der Waals surface area contributed by atoms with Gasteiger partial charge in [-0.3, -0.25) is 14.5 Å². The van der Waals surface area contributed by atoms with Gasteiger partial charge in [-0.15, -0.1) is 0 Å². The Morgan fingerprint density at radius 2 is 1.71 bits per heavy atom. The lowest BCUT2D eigenvalue weighted by Gasteiger charge is -2.19. The molecule has 1 saturated heterocycles. The number of nitrogens with zero attached hydrogens (tertiary/aromatic N) is 2. The number of carbonyl (C=O) groups excluding carboxylic acids is 2. The molecule has 3 aromatic rings. The maximum atomic E-state index is 13.4. The fourth-order valence-electron chi connectivity index (χ4n) is 3.51. The van der Waals surface area contributed by atoms with Crippen LogP contribution < -0.4 is 10.2 Å². The summed E-state index contributed by atoms with van der Waals surface area (Å²) in [4.78, 5) is 27.8. The molecular weight excluding hydrogens is 517 g/mol. The minimum Gasteiger partial charge on any atom is -0.347 e. The van der Waals surface area contributed by atoms with Gasteiger partial charge in [0.05, 0.1) is 5.25 Å². The molecular formula is C26H19BrFN3O2S. The molecule has 4 rings (SSSR count). The lowest BCUT2D eigenvalue weighted by molar-refractivity contribution is -0.117. The molecule has 1 unspecified atom stereocenters. The summed E-state index contributed by atoms with van der Waals surface area (Å²) < 4.78 is 14.2. The van der Waals surface area contributed by atoms with Crippen LogP contribution in [0, 0.1) is 17.1 Å². The summed E-state index contributed by atoms with van der Waals surface area (Å²) in [5.41, 5.74) is 2.11. The first kappa shape index (κ1) is 23.7. The number of amides is 2. The van der Waals surface area contributed by atoms with E-state index >= 15 is 0 Å². The molecule has 1 heterocycles. The quantitative estimate of drug-likeness (QED) is 0.342. The highest BCUT2D eigenvalue weighted by Crippen LogP contribution is 2.42. The Morgan fingerprint density at radius 3 is 2.35 bits per heavy atom. The standard InChI is InChI=1S/C26H19BrFN3O2S/c27-19-8-12-21(13-9-19)31-25(33)23(14-17-6-10-20(28)11-7-17)34-26(31)22(15-29)24(32)30-16-18-4-2-1-3-5-18/h1-13,23H,14,16H2,(H,30,32)/b26-22-. The van der Waals surface area contributed by atoms with Gasteiger partial charge in [0, 0.05) is 16.7 Å². The molecule has 1 aliphatic rings. The first-order valence-electron chi connectivity index (χ1n) is 10.4. The summed E-state index contributed by atoms with van der Waals surface area (Å²) in [7, 11) is 0. The van der Waals surface area contributed by atoms with Crippen molar-refractivity contribution in [3.8, 4) is 6.07 Å². The summed E-state index contributed by atoms with van der Waals surface area (Å²) >= 11 is 4.56. The van der Waals surface area contributed by atoms with E-state index in [1.165, 1.54) is 28.8 Å². The molecule has 1 atom stereocenters. The molecule has 34 heavy (non-hydrogen) atoms. The second-order valence-electron chi connectivity index (χ2n) is 7.55. The number of carbonyl (C=O) groups is 2. The van der Waals surface area contributed by atoms with Gasteiger partial charge in [-0.2, -0.15) is 5.26 Å². The molecule has 1 aliphatic heterocycles. The summed E-state index contributed by atoms with van der Waals surface area (Å²) in [6, 6.07) is 24.4. The lowest BCUT2D eigenvalue weighted by Crippen LogP contribution is -2.32. The number of rotatable bonds is 6. The van der Waals surface area contributed by atoms with E-state index < -0.39 is 11.2 Å². The van der Waals surface area contributed by atoms with E-state index in [1.807, 2.05) is 36.4 Å². The third-order valence-electron chi connectivity index (χ3n) is 5.22. The van der Waals surface area contributed by atoms with E-state index in [2.05, 4.69) is 21.2 Å². The summed E-state index contributed by atoms with van der Waals surface area (Å²) in [6.45, 7) is 0.258. The second-order valence-corrected chi connectivity index (χ2v) is 9.65. The Labute approximate surface area is 209 Å². The monoisotopic (exact) mass is 535 g/mol. The summed E-state index contributed by atoms with van der Waals surface area (Å²) in [5, 5.41) is 12.4. The van der Waals surface area contributed by atoms with Crippen LogP contribution in [-0.2, 0) is 22.6 Å². The van der Waals surface area contributed by atoms with Crippen LogP contribution in [0.4, 0.5) is 10.1 Å². The van der Waals surface area contributed by atoms with E-state index in [-0.39, 0.29) is 28.9 Å². The van der Waals surface area contributed by atoms with Crippen LogP contribution in [0.25, 0.3) is 0 Å². The van der Waals surface area contributed by atoms with Crippen molar-refractivity contribution in [3.63, 3.8) is 0 Å². The lowest BCUT2D eigenvalue weighted by atomic mass is 10.1. The average Bonchev–Trinajstić information content (AvgIpc) is 3.16. The van der Waals surface area contributed by atoms with Gasteiger partial charge >= 0.3 is 0 Å². The van der Waals surface area contributed by atoms with Crippen LogP contribution in [0.3, 0.4) is 0 Å². The Hall–Kier alpha value is -3.41. The van der Waals surface area contributed by atoms with Crippen LogP contribution in [-0.4, -0.2) is 17.1 Å². The highest BCUT2D eigenvalue weighted by Gasteiger charge is 2.40. The van der Waals surface area contributed by atoms with Crippen molar-refractivity contribution < 1.29 is 14.0 Å². The molecule has 0 radical (unpaired) electrons. The number of nitrogens with one attached hydrogen (secondary N) is 1. The minimum absolute atomic E-state index is 0.126. The van der Waals surface area contributed by atoms with Crippen molar-refractivity contribution in [1.29, 1.82) is 5.26 Å². The minimum atomic E-state index is -0.561. The molecule has 2 amide bonds. The second kappa shape index (κ2) is 10.7. The predicted octanol–water partition coefficient (Wildman–Crippen LogP) is 5.33. The highest BCUT2D eigenvalue weighted by molar-refractivity contribution is 9.10. The molecule has 5 nitrogen and oxygen atoms in total. The molecule has 1 N–H and O–H groups in total. The first-order valence-corrected chi connectivity index (χ1v) is 12.1. The Morgan fingerprint density at radius 1 is 1.03 bits per heavy atom. The van der Waals surface area contributed by atoms with E-state index in [9.17, 15) is 19.2 Å². The average molecular weight is 536 g/mol. The molecule has 170 valence electrons. The van der Waals surface area contributed by atoms with Crippen molar-refractivity contribution in [2.24, 2.45) is 0 Å².